The Labute approximate surface area is 130 Å². The molecule has 7 nitrogen and oxygen atoms in total. The first-order valence-electron chi connectivity index (χ1n) is 7.66. The normalized spacial score (nSPS) is 16.2. The molecule has 1 aliphatic heterocycles. The molecule has 0 radical (unpaired) electrons. The molecule has 22 heavy (non-hydrogen) atoms. The van der Waals surface area contributed by atoms with Gasteiger partial charge >= 0.3 is 0 Å². The Hall–Kier alpha value is -2.02. The number of carbonyl (C=O) groups excluding carboxylic acids is 2. The molecule has 2 rings (SSSR count). The first kappa shape index (κ1) is 16.4. The Bertz CT molecular complexity index is 534. The zero-order valence-corrected chi connectivity index (χ0v) is 13.2. The van der Waals surface area contributed by atoms with Crippen LogP contribution in [0.15, 0.2) is 12.5 Å². The van der Waals surface area contributed by atoms with E-state index in [4.69, 9.17) is 0 Å². The van der Waals surface area contributed by atoms with Crippen LogP contribution in [-0.4, -0.2) is 70.9 Å². The highest BCUT2D eigenvalue weighted by molar-refractivity contribution is 5.94. The molecular weight excluding hydrogens is 282 g/mol. The van der Waals surface area contributed by atoms with Gasteiger partial charge in [0.2, 0.25) is 5.91 Å². The third-order valence-corrected chi connectivity index (χ3v) is 3.76. The van der Waals surface area contributed by atoms with Crippen molar-refractivity contribution in [2.24, 2.45) is 0 Å². The number of nitrogens with one attached hydrogen (secondary N) is 1. The summed E-state index contributed by atoms with van der Waals surface area (Å²) in [5.41, 5.74) is 1.25. The molecule has 1 N–H and O–H groups in total. The molecule has 0 saturated carbocycles. The van der Waals surface area contributed by atoms with Crippen LogP contribution in [-0.2, 0) is 4.79 Å². The van der Waals surface area contributed by atoms with Crippen LogP contribution in [0, 0.1) is 6.92 Å². The van der Waals surface area contributed by atoms with Crippen LogP contribution in [0.5, 0.6) is 0 Å². The molecule has 120 valence electrons. The van der Waals surface area contributed by atoms with Crippen LogP contribution in [0.4, 0.5) is 0 Å². The van der Waals surface area contributed by atoms with Crippen molar-refractivity contribution in [3.63, 3.8) is 0 Å². The monoisotopic (exact) mass is 305 g/mol. The van der Waals surface area contributed by atoms with Crippen LogP contribution in [0.3, 0.4) is 0 Å². The van der Waals surface area contributed by atoms with Gasteiger partial charge in [0.1, 0.15) is 6.33 Å². The van der Waals surface area contributed by atoms with Crippen molar-refractivity contribution in [2.75, 3.05) is 39.3 Å². The molecule has 1 aromatic rings. The Morgan fingerprint density at radius 1 is 1.27 bits per heavy atom. The lowest BCUT2D eigenvalue weighted by molar-refractivity contribution is -0.122. The van der Waals surface area contributed by atoms with E-state index in [0.29, 0.717) is 44.0 Å². The third kappa shape index (κ3) is 4.24. The Kier molecular flexibility index (Phi) is 5.83. The SMILES string of the molecule is CCNC(=O)CN1CCCN(C(=O)c2cncnc2C)CC1. The maximum absolute atomic E-state index is 12.6. The molecule has 0 atom stereocenters. The van der Waals surface area contributed by atoms with Gasteiger partial charge in [-0.15, -0.1) is 0 Å². The Balaban J connectivity index is 1.94. The van der Waals surface area contributed by atoms with Crippen molar-refractivity contribution >= 4 is 11.8 Å². The molecule has 1 aromatic heterocycles. The maximum Gasteiger partial charge on any atom is 0.257 e. The minimum Gasteiger partial charge on any atom is -0.355 e. The fourth-order valence-corrected chi connectivity index (χ4v) is 2.56. The zero-order valence-electron chi connectivity index (χ0n) is 13.2. The highest BCUT2D eigenvalue weighted by Crippen LogP contribution is 2.10. The molecule has 1 aliphatic rings. The third-order valence-electron chi connectivity index (χ3n) is 3.76. The zero-order chi connectivity index (χ0) is 15.9. The van der Waals surface area contributed by atoms with Crippen molar-refractivity contribution in [2.45, 2.75) is 20.3 Å². The van der Waals surface area contributed by atoms with Crippen molar-refractivity contribution in [3.8, 4) is 0 Å². The summed E-state index contributed by atoms with van der Waals surface area (Å²) in [6.07, 6.45) is 3.88. The van der Waals surface area contributed by atoms with E-state index in [-0.39, 0.29) is 11.8 Å². The van der Waals surface area contributed by atoms with E-state index in [0.717, 1.165) is 13.0 Å². The van der Waals surface area contributed by atoms with Gasteiger partial charge in [-0.3, -0.25) is 14.5 Å². The minimum atomic E-state index is -0.0297. The first-order valence-corrected chi connectivity index (χ1v) is 7.66. The largest absolute Gasteiger partial charge is 0.355 e. The topological polar surface area (TPSA) is 78.4 Å². The van der Waals surface area contributed by atoms with Crippen LogP contribution in [0.2, 0.25) is 0 Å². The van der Waals surface area contributed by atoms with Gasteiger partial charge in [-0.05, 0) is 20.3 Å². The summed E-state index contributed by atoms with van der Waals surface area (Å²) in [7, 11) is 0. The average molecular weight is 305 g/mol. The Morgan fingerprint density at radius 3 is 2.82 bits per heavy atom. The summed E-state index contributed by atoms with van der Waals surface area (Å²) in [6.45, 7) is 7.60. The van der Waals surface area contributed by atoms with E-state index in [9.17, 15) is 9.59 Å². The minimum absolute atomic E-state index is 0.0297. The molecule has 0 aliphatic carbocycles. The molecule has 7 heteroatoms. The van der Waals surface area contributed by atoms with Gasteiger partial charge in [0.05, 0.1) is 17.8 Å². The van der Waals surface area contributed by atoms with Gasteiger partial charge < -0.3 is 10.2 Å². The highest BCUT2D eigenvalue weighted by Gasteiger charge is 2.22. The lowest BCUT2D eigenvalue weighted by atomic mass is 10.2. The van der Waals surface area contributed by atoms with Crippen molar-refractivity contribution < 1.29 is 9.59 Å². The quantitative estimate of drug-likeness (QED) is 0.851. The molecule has 1 fully saturated rings. The second kappa shape index (κ2) is 7.84. The fourth-order valence-electron chi connectivity index (χ4n) is 2.56. The van der Waals surface area contributed by atoms with Crippen molar-refractivity contribution in [3.05, 3.63) is 23.8 Å². The van der Waals surface area contributed by atoms with Gasteiger partial charge in [0.25, 0.3) is 5.91 Å². The summed E-state index contributed by atoms with van der Waals surface area (Å²) in [6, 6.07) is 0. The van der Waals surface area contributed by atoms with Gasteiger partial charge in [0.15, 0.2) is 0 Å². The molecule has 1 saturated heterocycles. The Morgan fingerprint density at radius 2 is 2.09 bits per heavy atom. The fraction of sp³-hybridized carbons (Fsp3) is 0.600. The number of likely N-dealkylation sites (N-methyl/N-ethyl adjacent to an activating group) is 1. The summed E-state index contributed by atoms with van der Waals surface area (Å²) in [5.74, 6) is 0.00698. The van der Waals surface area contributed by atoms with Gasteiger partial charge in [0, 0.05) is 38.9 Å². The number of nitrogens with zero attached hydrogens (tertiary/aromatic N) is 4. The van der Waals surface area contributed by atoms with Crippen LogP contribution >= 0.6 is 0 Å². The molecule has 2 amide bonds. The van der Waals surface area contributed by atoms with E-state index in [1.54, 1.807) is 6.20 Å². The van der Waals surface area contributed by atoms with E-state index in [1.807, 2.05) is 18.7 Å². The van der Waals surface area contributed by atoms with E-state index >= 15 is 0 Å². The van der Waals surface area contributed by atoms with Gasteiger partial charge in [-0.25, -0.2) is 9.97 Å². The molecule has 0 bridgehead atoms. The maximum atomic E-state index is 12.6. The standard InChI is InChI=1S/C15H23N5O2/c1-3-17-14(21)10-19-5-4-6-20(8-7-19)15(22)13-9-16-11-18-12(13)2/h9,11H,3-8,10H2,1-2H3,(H,17,21). The molecule has 2 heterocycles. The second-order valence-electron chi connectivity index (χ2n) is 5.40. The highest BCUT2D eigenvalue weighted by atomic mass is 16.2. The van der Waals surface area contributed by atoms with Crippen molar-refractivity contribution in [1.29, 1.82) is 0 Å². The predicted molar refractivity (Wildman–Crippen MR) is 82.4 cm³/mol. The number of amides is 2. The number of carbonyl (C=O) groups is 2. The van der Waals surface area contributed by atoms with Gasteiger partial charge in [-0.2, -0.15) is 0 Å². The number of aryl methyl sites for hydroxylation is 1. The van der Waals surface area contributed by atoms with Crippen LogP contribution in [0.1, 0.15) is 29.4 Å². The van der Waals surface area contributed by atoms with Crippen LogP contribution < -0.4 is 5.32 Å². The number of aromatic nitrogens is 2. The molecule has 0 aromatic carbocycles. The van der Waals surface area contributed by atoms with E-state index in [2.05, 4.69) is 20.2 Å². The number of hydrogen-bond acceptors (Lipinski definition) is 5. The van der Waals surface area contributed by atoms with E-state index in [1.165, 1.54) is 6.33 Å². The molecular formula is C15H23N5O2. The summed E-state index contributed by atoms with van der Waals surface area (Å²) in [4.78, 5) is 36.1. The number of hydrogen-bond donors (Lipinski definition) is 1. The predicted octanol–water partition coefficient (Wildman–Crippen LogP) is 0.0690. The van der Waals surface area contributed by atoms with Crippen LogP contribution in [0.25, 0.3) is 0 Å². The number of rotatable bonds is 4. The van der Waals surface area contributed by atoms with E-state index < -0.39 is 0 Å². The van der Waals surface area contributed by atoms with Gasteiger partial charge in [-0.1, -0.05) is 0 Å². The average Bonchev–Trinajstić information content (AvgIpc) is 2.73. The molecule has 0 unspecified atom stereocenters. The lowest BCUT2D eigenvalue weighted by Gasteiger charge is -2.22. The second-order valence-corrected chi connectivity index (χ2v) is 5.40. The summed E-state index contributed by atoms with van der Waals surface area (Å²) >= 11 is 0. The lowest BCUT2D eigenvalue weighted by Crippen LogP contribution is -2.40. The summed E-state index contributed by atoms with van der Waals surface area (Å²) in [5, 5.41) is 2.80. The summed E-state index contributed by atoms with van der Waals surface area (Å²) < 4.78 is 0. The molecule has 0 spiro atoms. The smallest absolute Gasteiger partial charge is 0.257 e. The van der Waals surface area contributed by atoms with Crippen molar-refractivity contribution in [1.82, 2.24) is 25.1 Å². The first-order chi connectivity index (χ1) is 10.6.